The van der Waals surface area contributed by atoms with Gasteiger partial charge in [-0.15, -0.1) is 0 Å². The maximum atomic E-state index is 12.0. The second-order valence-corrected chi connectivity index (χ2v) is 5.51. The zero-order chi connectivity index (χ0) is 15.6. The highest BCUT2D eigenvalue weighted by Gasteiger charge is 2.25. The quantitative estimate of drug-likeness (QED) is 0.796. The molecule has 0 spiro atoms. The molecular weight excluding hydrogens is 270 g/mol. The number of carbonyl (C=O) groups is 2. The monoisotopic (exact) mass is 291 g/mol. The van der Waals surface area contributed by atoms with Crippen LogP contribution in [0.25, 0.3) is 0 Å². The summed E-state index contributed by atoms with van der Waals surface area (Å²) in [6.07, 6.45) is 4.87. The van der Waals surface area contributed by atoms with Crippen LogP contribution in [0.1, 0.15) is 29.8 Å². The third-order valence-electron chi connectivity index (χ3n) is 4.01. The fourth-order valence-electron chi connectivity index (χ4n) is 2.69. The molecule has 2 atom stereocenters. The van der Waals surface area contributed by atoms with E-state index in [9.17, 15) is 9.59 Å². The molecule has 1 aliphatic rings. The fourth-order valence-corrected chi connectivity index (χ4v) is 2.69. The lowest BCUT2D eigenvalue weighted by Crippen LogP contribution is -2.33. The summed E-state index contributed by atoms with van der Waals surface area (Å²) in [4.78, 5) is 22.8. The maximum Gasteiger partial charge on any atom is 0.310 e. The van der Waals surface area contributed by atoms with Crippen molar-refractivity contribution < 1.29 is 14.7 Å². The van der Waals surface area contributed by atoms with Gasteiger partial charge in [0.05, 0.1) is 11.6 Å². The largest absolute Gasteiger partial charge is 0.481 e. The molecule has 0 bridgehead atoms. The number of carboxylic acids is 1. The van der Waals surface area contributed by atoms with Gasteiger partial charge in [0.1, 0.15) is 0 Å². The summed E-state index contributed by atoms with van der Waals surface area (Å²) in [5, 5.41) is 16.1. The van der Waals surface area contributed by atoms with Crippen molar-refractivity contribution in [2.45, 2.75) is 39.2 Å². The average molecular weight is 291 g/mol. The Bertz CT molecular complexity index is 589. The van der Waals surface area contributed by atoms with Gasteiger partial charge in [-0.05, 0) is 32.3 Å². The number of hydrogen-bond acceptors (Lipinski definition) is 3. The highest BCUT2D eigenvalue weighted by Crippen LogP contribution is 2.18. The Morgan fingerprint density at radius 1 is 1.43 bits per heavy atom. The van der Waals surface area contributed by atoms with E-state index in [1.54, 1.807) is 12.2 Å². The van der Waals surface area contributed by atoms with Gasteiger partial charge in [0.25, 0.3) is 0 Å². The number of rotatable bonds is 5. The fraction of sp³-hybridized carbons (Fsp3) is 0.533. The highest BCUT2D eigenvalue weighted by molar-refractivity contribution is 5.78. The molecule has 1 aromatic heterocycles. The zero-order valence-corrected chi connectivity index (χ0v) is 12.6. The molecule has 0 fully saturated rings. The number of carboxylic acid groups (broad SMARTS) is 1. The average Bonchev–Trinajstić information content (AvgIpc) is 2.95. The van der Waals surface area contributed by atoms with E-state index >= 15 is 0 Å². The van der Waals surface area contributed by atoms with Crippen LogP contribution in [0, 0.1) is 19.8 Å². The molecule has 0 saturated heterocycles. The number of aryl methyl sites for hydroxylation is 2. The number of carbonyl (C=O) groups excluding carboxylic acids is 1. The lowest BCUT2D eigenvalue weighted by molar-refractivity contribution is -0.140. The molecule has 0 aromatic carbocycles. The molecule has 1 amide bonds. The Balaban J connectivity index is 1.83. The second-order valence-electron chi connectivity index (χ2n) is 5.51. The van der Waals surface area contributed by atoms with Crippen molar-refractivity contribution in [3.63, 3.8) is 0 Å². The third-order valence-corrected chi connectivity index (χ3v) is 4.01. The minimum Gasteiger partial charge on any atom is -0.481 e. The van der Waals surface area contributed by atoms with Gasteiger partial charge in [-0.2, -0.15) is 5.10 Å². The molecule has 1 aromatic rings. The summed E-state index contributed by atoms with van der Waals surface area (Å²) in [7, 11) is 1.89. The number of aromatic nitrogens is 2. The van der Waals surface area contributed by atoms with Crippen LogP contribution in [0.15, 0.2) is 12.2 Å². The lowest BCUT2D eigenvalue weighted by Gasteiger charge is -2.12. The topological polar surface area (TPSA) is 84.2 Å². The number of hydrogen-bond donors (Lipinski definition) is 2. The summed E-state index contributed by atoms with van der Waals surface area (Å²) in [6, 6.07) is -0.172. The SMILES string of the molecule is Cc1nn(C)c(C)c1CCC(=O)NC1C=CC(C(=O)O)C1. The van der Waals surface area contributed by atoms with Gasteiger partial charge in [0, 0.05) is 25.2 Å². The molecule has 1 heterocycles. The predicted molar refractivity (Wildman–Crippen MR) is 77.8 cm³/mol. The minimum absolute atomic E-state index is 0.0571. The Hall–Kier alpha value is -2.11. The summed E-state index contributed by atoms with van der Waals surface area (Å²) in [6.45, 7) is 3.93. The first-order valence-corrected chi connectivity index (χ1v) is 7.08. The van der Waals surface area contributed by atoms with Gasteiger partial charge in [-0.25, -0.2) is 0 Å². The van der Waals surface area contributed by atoms with E-state index in [1.165, 1.54) is 0 Å². The van der Waals surface area contributed by atoms with Crippen molar-refractivity contribution in [2.75, 3.05) is 0 Å². The van der Waals surface area contributed by atoms with Crippen molar-refractivity contribution in [1.82, 2.24) is 15.1 Å². The first-order valence-electron chi connectivity index (χ1n) is 7.08. The molecule has 0 saturated carbocycles. The molecule has 21 heavy (non-hydrogen) atoms. The lowest BCUT2D eigenvalue weighted by atomic mass is 10.1. The molecular formula is C15H21N3O3. The molecule has 6 nitrogen and oxygen atoms in total. The molecule has 0 radical (unpaired) electrons. The van der Waals surface area contributed by atoms with Crippen LogP contribution in [0.4, 0.5) is 0 Å². The van der Waals surface area contributed by atoms with E-state index in [-0.39, 0.29) is 11.9 Å². The smallest absolute Gasteiger partial charge is 0.310 e. The van der Waals surface area contributed by atoms with E-state index in [2.05, 4.69) is 10.4 Å². The molecule has 2 unspecified atom stereocenters. The number of nitrogens with one attached hydrogen (secondary N) is 1. The van der Waals surface area contributed by atoms with Gasteiger partial charge in [0.15, 0.2) is 0 Å². The van der Waals surface area contributed by atoms with Crippen LogP contribution < -0.4 is 5.32 Å². The van der Waals surface area contributed by atoms with Crippen molar-refractivity contribution in [1.29, 1.82) is 0 Å². The first-order chi connectivity index (χ1) is 9.88. The van der Waals surface area contributed by atoms with Crippen molar-refractivity contribution in [2.24, 2.45) is 13.0 Å². The highest BCUT2D eigenvalue weighted by atomic mass is 16.4. The predicted octanol–water partition coefficient (Wildman–Crippen LogP) is 1.12. The van der Waals surface area contributed by atoms with E-state index in [0.717, 1.165) is 17.0 Å². The van der Waals surface area contributed by atoms with Crippen LogP contribution in [-0.2, 0) is 23.1 Å². The Kier molecular flexibility index (Phi) is 4.45. The van der Waals surface area contributed by atoms with Gasteiger partial charge in [0.2, 0.25) is 5.91 Å². The normalized spacial score (nSPS) is 20.7. The second kappa shape index (κ2) is 6.11. The van der Waals surface area contributed by atoms with Gasteiger partial charge in [-0.1, -0.05) is 12.2 Å². The number of amides is 1. The van der Waals surface area contributed by atoms with E-state index in [1.807, 2.05) is 25.6 Å². The maximum absolute atomic E-state index is 12.0. The molecule has 1 aliphatic carbocycles. The van der Waals surface area contributed by atoms with Crippen LogP contribution in [0.3, 0.4) is 0 Å². The summed E-state index contributed by atoms with van der Waals surface area (Å²) in [5.74, 6) is -1.39. The van der Waals surface area contributed by atoms with E-state index in [0.29, 0.717) is 19.3 Å². The first kappa shape index (κ1) is 15.3. The van der Waals surface area contributed by atoms with Gasteiger partial charge in [-0.3, -0.25) is 14.3 Å². The Morgan fingerprint density at radius 2 is 2.14 bits per heavy atom. The Morgan fingerprint density at radius 3 is 2.67 bits per heavy atom. The molecule has 114 valence electrons. The minimum atomic E-state index is -0.843. The van der Waals surface area contributed by atoms with Gasteiger partial charge >= 0.3 is 5.97 Å². The standard InChI is InChI=1S/C15H21N3O3/c1-9-13(10(2)18(3)17-9)6-7-14(19)16-12-5-4-11(8-12)15(20)21/h4-5,11-12H,6-8H2,1-3H3,(H,16,19)(H,20,21). The molecule has 2 rings (SSSR count). The van der Waals surface area contributed by atoms with Crippen LogP contribution in [0.5, 0.6) is 0 Å². The van der Waals surface area contributed by atoms with Crippen molar-refractivity contribution >= 4 is 11.9 Å². The molecule has 0 aliphatic heterocycles. The number of aliphatic carboxylic acids is 1. The van der Waals surface area contributed by atoms with Crippen molar-refractivity contribution in [3.8, 4) is 0 Å². The number of nitrogens with zero attached hydrogens (tertiary/aromatic N) is 2. The molecule has 6 heteroatoms. The summed E-state index contributed by atoms with van der Waals surface area (Å²) < 4.78 is 1.82. The van der Waals surface area contributed by atoms with Gasteiger partial charge < -0.3 is 10.4 Å². The van der Waals surface area contributed by atoms with Crippen molar-refractivity contribution in [3.05, 3.63) is 29.1 Å². The Labute approximate surface area is 123 Å². The summed E-state index contributed by atoms with van der Waals surface area (Å²) >= 11 is 0. The third kappa shape index (κ3) is 3.51. The van der Waals surface area contributed by atoms with E-state index < -0.39 is 11.9 Å². The zero-order valence-electron chi connectivity index (χ0n) is 12.6. The van der Waals surface area contributed by atoms with E-state index in [4.69, 9.17) is 5.11 Å². The van der Waals surface area contributed by atoms with Crippen LogP contribution in [0.2, 0.25) is 0 Å². The molecule has 2 N–H and O–H groups in total. The van der Waals surface area contributed by atoms with Crippen LogP contribution in [-0.4, -0.2) is 32.8 Å². The van der Waals surface area contributed by atoms with Crippen LogP contribution >= 0.6 is 0 Å². The summed E-state index contributed by atoms with van der Waals surface area (Å²) in [5.41, 5.74) is 3.14.